The van der Waals surface area contributed by atoms with Crippen LogP contribution in [0.2, 0.25) is 0 Å². The van der Waals surface area contributed by atoms with Gasteiger partial charge in [-0.15, -0.1) is 11.3 Å². The summed E-state index contributed by atoms with van der Waals surface area (Å²) in [6.07, 6.45) is 1.01. The molecule has 2 N–H and O–H groups in total. The van der Waals surface area contributed by atoms with Gasteiger partial charge in [-0.2, -0.15) is 0 Å². The molecule has 0 saturated carbocycles. The topological polar surface area (TPSA) is 57.4 Å². The van der Waals surface area contributed by atoms with Crippen LogP contribution in [0.5, 0.6) is 5.75 Å². The van der Waals surface area contributed by atoms with E-state index in [4.69, 9.17) is 4.74 Å². The van der Waals surface area contributed by atoms with Gasteiger partial charge in [0.05, 0.1) is 17.6 Å². The van der Waals surface area contributed by atoms with Crippen LogP contribution in [-0.4, -0.2) is 28.9 Å². The number of aromatic nitrogens is 1. The number of nitrogens with zero attached hydrogens (tertiary/aromatic N) is 1. The molecule has 1 atom stereocenters. The molecule has 2 aromatic heterocycles. The lowest BCUT2D eigenvalue weighted by Crippen LogP contribution is -2.35. The fourth-order valence-electron chi connectivity index (χ4n) is 4.66. The summed E-state index contributed by atoms with van der Waals surface area (Å²) in [5.41, 5.74) is 5.14. The number of aromatic amines is 1. The Balaban J connectivity index is 1.52. The summed E-state index contributed by atoms with van der Waals surface area (Å²) in [5, 5.41) is 5.12. The molecule has 0 fully saturated rings. The molecule has 0 saturated heterocycles. The molecule has 6 heteroatoms. The number of rotatable bonds is 6. The first-order valence-electron chi connectivity index (χ1n) is 11.0. The van der Waals surface area contributed by atoms with E-state index >= 15 is 0 Å². The van der Waals surface area contributed by atoms with Crippen molar-refractivity contribution < 1.29 is 9.53 Å². The number of hydrogen-bond donors (Lipinski definition) is 2. The van der Waals surface area contributed by atoms with Gasteiger partial charge in [-0.1, -0.05) is 30.3 Å². The highest BCUT2D eigenvalue weighted by molar-refractivity contribution is 7.16. The average Bonchev–Trinajstić information content (AvgIpc) is 3.38. The van der Waals surface area contributed by atoms with Crippen molar-refractivity contribution in [2.45, 2.75) is 32.9 Å². The second kappa shape index (κ2) is 8.81. The molecule has 0 aliphatic carbocycles. The number of thiophene rings is 1. The van der Waals surface area contributed by atoms with E-state index in [1.54, 1.807) is 18.3 Å². The van der Waals surface area contributed by atoms with Crippen molar-refractivity contribution >= 4 is 33.1 Å². The predicted molar refractivity (Wildman–Crippen MR) is 130 cm³/mol. The van der Waals surface area contributed by atoms with Crippen molar-refractivity contribution in [1.29, 1.82) is 0 Å². The number of carbonyl (C=O) groups is 1. The van der Waals surface area contributed by atoms with Crippen LogP contribution in [0.3, 0.4) is 0 Å². The van der Waals surface area contributed by atoms with E-state index in [-0.39, 0.29) is 11.9 Å². The second-order valence-electron chi connectivity index (χ2n) is 8.14. The Hall–Kier alpha value is -3.09. The summed E-state index contributed by atoms with van der Waals surface area (Å²) < 4.78 is 5.67. The quantitative estimate of drug-likeness (QED) is 0.398. The number of H-pyrrole nitrogens is 1. The molecular formula is C26H27N3O2S. The molecular weight excluding hydrogens is 418 g/mol. The number of carbonyl (C=O) groups excluding carboxylic acids is 1. The van der Waals surface area contributed by atoms with Crippen LogP contribution in [0.1, 0.15) is 41.6 Å². The standard InChI is InChI=1S/C26H27N3O2S/c1-3-31-19-10-8-18(9-11-19)26-25-22(21-6-4-5-7-23(21)28-25)14-15-29(26)16-20-12-13-24(32-20)27-17(2)30/h4-13,26,28H,3,14-16H2,1-2H3,(H,27,30). The minimum atomic E-state index is -0.0358. The van der Waals surface area contributed by atoms with Crippen LogP contribution in [0.15, 0.2) is 60.7 Å². The highest BCUT2D eigenvalue weighted by atomic mass is 32.1. The maximum atomic E-state index is 11.4. The first-order valence-corrected chi connectivity index (χ1v) is 11.9. The van der Waals surface area contributed by atoms with Crippen molar-refractivity contribution in [2.75, 3.05) is 18.5 Å². The van der Waals surface area contributed by atoms with Crippen molar-refractivity contribution in [2.24, 2.45) is 0 Å². The van der Waals surface area contributed by atoms with Gasteiger partial charge in [0.1, 0.15) is 5.75 Å². The fraction of sp³-hybridized carbons (Fsp3) is 0.269. The molecule has 1 amide bonds. The number of fused-ring (bicyclic) bond motifs is 3. The zero-order valence-corrected chi connectivity index (χ0v) is 19.2. The van der Waals surface area contributed by atoms with Crippen LogP contribution in [0.4, 0.5) is 5.00 Å². The largest absolute Gasteiger partial charge is 0.494 e. The van der Waals surface area contributed by atoms with Crippen LogP contribution in [-0.2, 0) is 17.8 Å². The zero-order chi connectivity index (χ0) is 22.1. The highest BCUT2D eigenvalue weighted by Gasteiger charge is 2.32. The maximum Gasteiger partial charge on any atom is 0.221 e. The van der Waals surface area contributed by atoms with E-state index in [1.807, 2.05) is 13.0 Å². The molecule has 0 bridgehead atoms. The van der Waals surface area contributed by atoms with Crippen molar-refractivity contribution in [1.82, 2.24) is 9.88 Å². The zero-order valence-electron chi connectivity index (χ0n) is 18.4. The Morgan fingerprint density at radius 1 is 1.16 bits per heavy atom. The number of ether oxygens (including phenoxy) is 1. The molecule has 1 aliphatic heterocycles. The molecule has 1 unspecified atom stereocenters. The molecule has 3 heterocycles. The fourth-order valence-corrected chi connectivity index (χ4v) is 5.64. The third-order valence-electron chi connectivity index (χ3n) is 5.96. The average molecular weight is 446 g/mol. The second-order valence-corrected chi connectivity index (χ2v) is 9.30. The summed E-state index contributed by atoms with van der Waals surface area (Å²) >= 11 is 1.64. The van der Waals surface area contributed by atoms with Crippen molar-refractivity contribution in [3.8, 4) is 5.75 Å². The first-order chi connectivity index (χ1) is 15.6. The molecule has 5 rings (SSSR count). The Morgan fingerprint density at radius 2 is 1.97 bits per heavy atom. The summed E-state index contributed by atoms with van der Waals surface area (Å²) in [5.74, 6) is 0.861. The van der Waals surface area contributed by atoms with Gasteiger partial charge >= 0.3 is 0 Å². The molecule has 5 nitrogen and oxygen atoms in total. The van der Waals surface area contributed by atoms with E-state index in [0.717, 1.165) is 30.3 Å². The normalized spacial score (nSPS) is 16.1. The number of para-hydroxylation sites is 1. The lowest BCUT2D eigenvalue weighted by atomic mass is 9.92. The number of benzene rings is 2. The first kappa shape index (κ1) is 20.8. The lowest BCUT2D eigenvalue weighted by Gasteiger charge is -2.36. The van der Waals surface area contributed by atoms with Gasteiger partial charge in [0.25, 0.3) is 0 Å². The van der Waals surface area contributed by atoms with Crippen LogP contribution < -0.4 is 10.1 Å². The number of nitrogens with one attached hydrogen (secondary N) is 2. The van der Waals surface area contributed by atoms with Crippen molar-refractivity contribution in [3.05, 3.63) is 82.4 Å². The van der Waals surface area contributed by atoms with Crippen molar-refractivity contribution in [3.63, 3.8) is 0 Å². The highest BCUT2D eigenvalue weighted by Crippen LogP contribution is 2.40. The summed E-state index contributed by atoms with van der Waals surface area (Å²) in [6, 6.07) is 21.3. The van der Waals surface area contributed by atoms with Gasteiger partial charge in [-0.05, 0) is 54.8 Å². The lowest BCUT2D eigenvalue weighted by molar-refractivity contribution is -0.114. The van der Waals surface area contributed by atoms with E-state index < -0.39 is 0 Å². The smallest absolute Gasteiger partial charge is 0.221 e. The minimum absolute atomic E-state index is 0.0358. The third-order valence-corrected chi connectivity index (χ3v) is 6.95. The van der Waals surface area contributed by atoms with E-state index in [9.17, 15) is 4.79 Å². The Morgan fingerprint density at radius 3 is 2.75 bits per heavy atom. The van der Waals surface area contributed by atoms with Crippen LogP contribution in [0.25, 0.3) is 10.9 Å². The monoisotopic (exact) mass is 445 g/mol. The SMILES string of the molecule is CCOc1ccc(C2c3[nH]c4ccccc4c3CCN2Cc2ccc(NC(C)=O)s2)cc1. The summed E-state index contributed by atoms with van der Waals surface area (Å²) in [6.45, 7) is 6.01. The molecule has 1 aliphatic rings. The summed E-state index contributed by atoms with van der Waals surface area (Å²) in [7, 11) is 0. The van der Waals surface area contributed by atoms with E-state index in [1.165, 1.54) is 32.6 Å². The molecule has 2 aromatic carbocycles. The number of amides is 1. The van der Waals surface area contributed by atoms with Crippen LogP contribution >= 0.6 is 11.3 Å². The maximum absolute atomic E-state index is 11.4. The van der Waals surface area contributed by atoms with E-state index in [2.05, 4.69) is 69.8 Å². The summed E-state index contributed by atoms with van der Waals surface area (Å²) in [4.78, 5) is 18.9. The van der Waals surface area contributed by atoms with Gasteiger partial charge in [0.2, 0.25) is 5.91 Å². The van der Waals surface area contributed by atoms with Gasteiger partial charge in [0.15, 0.2) is 0 Å². The van der Waals surface area contributed by atoms with Gasteiger partial charge in [-0.3, -0.25) is 9.69 Å². The number of anilines is 1. The van der Waals surface area contributed by atoms with Crippen LogP contribution in [0, 0.1) is 0 Å². The molecule has 32 heavy (non-hydrogen) atoms. The van der Waals surface area contributed by atoms with Gasteiger partial charge in [-0.25, -0.2) is 0 Å². The molecule has 0 spiro atoms. The Bertz CT molecular complexity index is 1240. The molecule has 4 aromatic rings. The Labute approximate surface area is 192 Å². The number of hydrogen-bond acceptors (Lipinski definition) is 4. The minimum Gasteiger partial charge on any atom is -0.494 e. The van der Waals surface area contributed by atoms with Gasteiger partial charge in [0, 0.05) is 41.5 Å². The van der Waals surface area contributed by atoms with E-state index in [0.29, 0.717) is 6.61 Å². The molecule has 164 valence electrons. The van der Waals surface area contributed by atoms with Gasteiger partial charge < -0.3 is 15.0 Å². The third kappa shape index (κ3) is 4.04. The Kier molecular flexibility index (Phi) is 5.72. The molecule has 0 radical (unpaired) electrons. The predicted octanol–water partition coefficient (Wildman–Crippen LogP) is 5.73.